The van der Waals surface area contributed by atoms with Crippen LogP contribution in [-0.2, 0) is 4.74 Å². The molecule has 0 aliphatic carbocycles. The molecule has 0 bridgehead atoms. The van der Waals surface area contributed by atoms with E-state index >= 15 is 0 Å². The van der Waals surface area contributed by atoms with Gasteiger partial charge >= 0.3 is 0 Å². The van der Waals surface area contributed by atoms with Crippen LogP contribution >= 0.6 is 0 Å². The summed E-state index contributed by atoms with van der Waals surface area (Å²) in [5.74, 6) is 1.29. The highest BCUT2D eigenvalue weighted by atomic mass is 16.5. The van der Waals surface area contributed by atoms with E-state index in [0.717, 1.165) is 18.8 Å². The first-order valence-electron chi connectivity index (χ1n) is 7.31. The molecule has 0 spiro atoms. The Balaban J connectivity index is 3.58. The van der Waals surface area contributed by atoms with Gasteiger partial charge in [0.2, 0.25) is 0 Å². The molecule has 0 fully saturated rings. The maximum atomic E-state index is 5.81. The number of nitrogens with zero attached hydrogens (tertiary/aromatic N) is 1. The summed E-state index contributed by atoms with van der Waals surface area (Å²) in [5, 5.41) is 3.21. The number of ether oxygens (including phenoxy) is 1. The average Bonchev–Trinajstić information content (AvgIpc) is 2.33. The highest BCUT2D eigenvalue weighted by Crippen LogP contribution is 2.07. The van der Waals surface area contributed by atoms with Crippen molar-refractivity contribution in [2.24, 2.45) is 16.6 Å². The molecule has 0 saturated carbocycles. The average molecular weight is 269 g/mol. The van der Waals surface area contributed by atoms with E-state index in [2.05, 4.69) is 37.7 Å². The molecule has 1 unspecified atom stereocenters. The zero-order chi connectivity index (χ0) is 14.5. The Hall–Kier alpha value is -1.03. The smallest absolute Gasteiger partial charge is 0.188 e. The first-order chi connectivity index (χ1) is 9.06. The Morgan fingerprint density at radius 3 is 2.68 bits per heavy atom. The fourth-order valence-electron chi connectivity index (χ4n) is 1.70. The van der Waals surface area contributed by atoms with E-state index in [1.54, 1.807) is 0 Å². The van der Waals surface area contributed by atoms with Crippen molar-refractivity contribution in [1.82, 2.24) is 5.32 Å². The summed E-state index contributed by atoms with van der Waals surface area (Å²) in [4.78, 5) is 4.24. The minimum atomic E-state index is 0.379. The number of guanidine groups is 1. The third kappa shape index (κ3) is 13.2. The van der Waals surface area contributed by atoms with E-state index in [1.165, 1.54) is 12.8 Å². The van der Waals surface area contributed by atoms with Crippen LogP contribution in [0.4, 0.5) is 0 Å². The van der Waals surface area contributed by atoms with Crippen molar-refractivity contribution < 1.29 is 4.74 Å². The molecule has 0 amide bonds. The van der Waals surface area contributed by atoms with Gasteiger partial charge in [0.25, 0.3) is 0 Å². The number of nitrogens with one attached hydrogen (secondary N) is 1. The standard InChI is InChI=1S/C15H31N3O/c1-5-6-11-19-12-10-17-15(16)18-14(4)9-7-8-13(2)3/h5,13-14H,1,6-12H2,2-4H3,(H3,16,17,18). The topological polar surface area (TPSA) is 59.6 Å². The van der Waals surface area contributed by atoms with Crippen molar-refractivity contribution in [2.45, 2.75) is 52.5 Å². The molecule has 4 nitrogen and oxygen atoms in total. The van der Waals surface area contributed by atoms with Crippen LogP contribution in [0.1, 0.15) is 46.5 Å². The Kier molecular flexibility index (Phi) is 11.4. The predicted octanol–water partition coefficient (Wildman–Crippen LogP) is 2.70. The van der Waals surface area contributed by atoms with Crippen molar-refractivity contribution in [3.8, 4) is 0 Å². The van der Waals surface area contributed by atoms with E-state index in [4.69, 9.17) is 10.5 Å². The van der Waals surface area contributed by atoms with Gasteiger partial charge in [0, 0.05) is 6.04 Å². The van der Waals surface area contributed by atoms with Gasteiger partial charge in [0.05, 0.1) is 19.8 Å². The van der Waals surface area contributed by atoms with Gasteiger partial charge in [-0.15, -0.1) is 6.58 Å². The molecule has 0 radical (unpaired) electrons. The van der Waals surface area contributed by atoms with Crippen molar-refractivity contribution in [2.75, 3.05) is 19.8 Å². The van der Waals surface area contributed by atoms with Crippen LogP contribution in [0.25, 0.3) is 0 Å². The third-order valence-corrected chi connectivity index (χ3v) is 2.80. The van der Waals surface area contributed by atoms with E-state index in [0.29, 0.717) is 31.8 Å². The molecule has 0 saturated heterocycles. The van der Waals surface area contributed by atoms with Crippen LogP contribution in [0.5, 0.6) is 0 Å². The molecule has 4 heteroatoms. The normalized spacial score (nSPS) is 13.6. The molecule has 0 aliphatic rings. The van der Waals surface area contributed by atoms with Gasteiger partial charge in [-0.2, -0.15) is 0 Å². The first-order valence-corrected chi connectivity index (χ1v) is 7.31. The lowest BCUT2D eigenvalue weighted by molar-refractivity contribution is 0.146. The van der Waals surface area contributed by atoms with Gasteiger partial charge in [-0.3, -0.25) is 4.99 Å². The van der Waals surface area contributed by atoms with Gasteiger partial charge in [-0.1, -0.05) is 32.8 Å². The lowest BCUT2D eigenvalue weighted by Gasteiger charge is -2.15. The van der Waals surface area contributed by atoms with E-state index in [9.17, 15) is 0 Å². The van der Waals surface area contributed by atoms with Gasteiger partial charge < -0.3 is 15.8 Å². The molecule has 112 valence electrons. The maximum absolute atomic E-state index is 5.81. The van der Waals surface area contributed by atoms with Gasteiger partial charge in [0.15, 0.2) is 5.96 Å². The van der Waals surface area contributed by atoms with Gasteiger partial charge in [-0.05, 0) is 25.7 Å². The van der Waals surface area contributed by atoms with Gasteiger partial charge in [0.1, 0.15) is 0 Å². The molecule has 0 aromatic heterocycles. The molecular formula is C15H31N3O. The second-order valence-corrected chi connectivity index (χ2v) is 5.33. The van der Waals surface area contributed by atoms with Crippen molar-refractivity contribution in [1.29, 1.82) is 0 Å². The highest BCUT2D eigenvalue weighted by molar-refractivity contribution is 5.78. The van der Waals surface area contributed by atoms with Crippen LogP contribution in [0.15, 0.2) is 17.6 Å². The van der Waals surface area contributed by atoms with Crippen molar-refractivity contribution in [3.05, 3.63) is 12.7 Å². The number of aliphatic imine (C=N–C) groups is 1. The fraction of sp³-hybridized carbons (Fsp3) is 0.800. The summed E-state index contributed by atoms with van der Waals surface area (Å²) in [6.07, 6.45) is 6.34. The number of rotatable bonds is 11. The van der Waals surface area contributed by atoms with Crippen LogP contribution in [-0.4, -0.2) is 31.8 Å². The Labute approximate surface area is 118 Å². The van der Waals surface area contributed by atoms with Crippen LogP contribution < -0.4 is 11.1 Å². The Morgan fingerprint density at radius 2 is 2.05 bits per heavy atom. The summed E-state index contributed by atoms with van der Waals surface area (Å²) in [6.45, 7) is 12.2. The summed E-state index contributed by atoms with van der Waals surface area (Å²) >= 11 is 0. The van der Waals surface area contributed by atoms with Crippen molar-refractivity contribution >= 4 is 5.96 Å². The molecule has 0 aromatic carbocycles. The zero-order valence-corrected chi connectivity index (χ0v) is 12.8. The molecule has 0 heterocycles. The summed E-state index contributed by atoms with van der Waals surface area (Å²) in [7, 11) is 0. The second kappa shape index (κ2) is 12.0. The first kappa shape index (κ1) is 18.0. The largest absolute Gasteiger partial charge is 0.379 e. The SMILES string of the molecule is C=CCCOCCN=C(N)NC(C)CCCC(C)C. The van der Waals surface area contributed by atoms with Crippen LogP contribution in [0.3, 0.4) is 0 Å². The number of hydrogen-bond acceptors (Lipinski definition) is 2. The summed E-state index contributed by atoms with van der Waals surface area (Å²) < 4.78 is 5.36. The second-order valence-electron chi connectivity index (χ2n) is 5.33. The van der Waals surface area contributed by atoms with Gasteiger partial charge in [-0.25, -0.2) is 0 Å². The minimum absolute atomic E-state index is 0.379. The number of hydrogen-bond donors (Lipinski definition) is 2. The zero-order valence-electron chi connectivity index (χ0n) is 12.8. The Bertz CT molecular complexity index is 252. The van der Waals surface area contributed by atoms with Crippen LogP contribution in [0.2, 0.25) is 0 Å². The molecule has 3 N–H and O–H groups in total. The molecular weight excluding hydrogens is 238 g/mol. The predicted molar refractivity (Wildman–Crippen MR) is 83.4 cm³/mol. The lowest BCUT2D eigenvalue weighted by atomic mass is 10.0. The summed E-state index contributed by atoms with van der Waals surface area (Å²) in [6, 6.07) is 0.379. The minimum Gasteiger partial charge on any atom is -0.379 e. The Morgan fingerprint density at radius 1 is 1.32 bits per heavy atom. The molecule has 1 atom stereocenters. The van der Waals surface area contributed by atoms with Crippen LogP contribution in [0, 0.1) is 5.92 Å². The third-order valence-electron chi connectivity index (χ3n) is 2.80. The molecule has 0 aliphatic heterocycles. The fourth-order valence-corrected chi connectivity index (χ4v) is 1.70. The van der Waals surface area contributed by atoms with E-state index < -0.39 is 0 Å². The highest BCUT2D eigenvalue weighted by Gasteiger charge is 2.03. The maximum Gasteiger partial charge on any atom is 0.188 e. The lowest BCUT2D eigenvalue weighted by Crippen LogP contribution is -2.38. The molecule has 19 heavy (non-hydrogen) atoms. The van der Waals surface area contributed by atoms with E-state index in [-0.39, 0.29) is 0 Å². The quantitative estimate of drug-likeness (QED) is 0.262. The van der Waals surface area contributed by atoms with Crippen molar-refractivity contribution in [3.63, 3.8) is 0 Å². The summed E-state index contributed by atoms with van der Waals surface area (Å²) in [5.41, 5.74) is 5.81. The van der Waals surface area contributed by atoms with E-state index in [1.807, 2.05) is 6.08 Å². The number of nitrogens with two attached hydrogens (primary N) is 1. The molecule has 0 aromatic rings. The monoisotopic (exact) mass is 269 g/mol. The molecule has 0 rings (SSSR count).